The van der Waals surface area contributed by atoms with Gasteiger partial charge in [0.05, 0.1) is 17.1 Å². The van der Waals surface area contributed by atoms with Crippen molar-refractivity contribution in [2.24, 2.45) is 0 Å². The molecule has 0 unspecified atom stereocenters. The van der Waals surface area contributed by atoms with Crippen LogP contribution < -0.4 is 4.90 Å². The van der Waals surface area contributed by atoms with Gasteiger partial charge in [-0.25, -0.2) is 4.39 Å². The topological polar surface area (TPSA) is 20.3 Å². The number of carbonyl (C=O) groups is 1. The quantitative estimate of drug-likeness (QED) is 0.766. The molecule has 0 N–H and O–H groups in total. The number of halogens is 2. The summed E-state index contributed by atoms with van der Waals surface area (Å²) in [5.74, 6) is -0.657. The molecule has 18 heavy (non-hydrogen) atoms. The summed E-state index contributed by atoms with van der Waals surface area (Å²) in [5.41, 5.74) is 1.73. The van der Waals surface area contributed by atoms with Crippen LogP contribution in [-0.2, 0) is 11.2 Å². The average molecular weight is 262 g/mol. The molecule has 0 saturated carbocycles. The summed E-state index contributed by atoms with van der Waals surface area (Å²) in [7, 11) is 0. The molecule has 1 heterocycles. The number of anilines is 2. The van der Waals surface area contributed by atoms with E-state index in [-0.39, 0.29) is 23.0 Å². The summed E-state index contributed by atoms with van der Waals surface area (Å²) < 4.78 is 13.9. The first-order valence-corrected chi connectivity index (χ1v) is 5.91. The highest BCUT2D eigenvalue weighted by Gasteiger charge is 2.31. The van der Waals surface area contributed by atoms with E-state index in [4.69, 9.17) is 11.6 Å². The molecular weight excluding hydrogens is 253 g/mol. The van der Waals surface area contributed by atoms with E-state index in [0.717, 1.165) is 5.56 Å². The minimum atomic E-state index is -0.493. The van der Waals surface area contributed by atoms with Crippen LogP contribution in [0.2, 0.25) is 5.02 Å². The molecule has 0 bridgehead atoms. The number of rotatable bonds is 1. The maximum atomic E-state index is 13.9. The third kappa shape index (κ3) is 1.59. The van der Waals surface area contributed by atoms with Gasteiger partial charge >= 0.3 is 0 Å². The third-order valence-electron chi connectivity index (χ3n) is 2.98. The molecule has 0 fully saturated rings. The number of para-hydroxylation sites is 2. The van der Waals surface area contributed by atoms with E-state index in [9.17, 15) is 9.18 Å². The molecule has 0 atom stereocenters. The summed E-state index contributed by atoms with van der Waals surface area (Å²) >= 11 is 6.01. The fourth-order valence-electron chi connectivity index (χ4n) is 2.20. The van der Waals surface area contributed by atoms with Crippen LogP contribution in [0.15, 0.2) is 42.5 Å². The molecule has 1 aliphatic rings. The highest BCUT2D eigenvalue weighted by Crippen LogP contribution is 2.39. The Morgan fingerprint density at radius 3 is 2.67 bits per heavy atom. The zero-order valence-corrected chi connectivity index (χ0v) is 10.1. The molecule has 2 aromatic rings. The normalized spacial score (nSPS) is 13.9. The Morgan fingerprint density at radius 2 is 1.89 bits per heavy atom. The number of hydrogen-bond acceptors (Lipinski definition) is 1. The molecule has 0 spiro atoms. The second-order valence-electron chi connectivity index (χ2n) is 4.10. The van der Waals surface area contributed by atoms with E-state index < -0.39 is 5.82 Å². The highest BCUT2D eigenvalue weighted by molar-refractivity contribution is 6.34. The Balaban J connectivity index is 2.21. The Hall–Kier alpha value is -1.87. The van der Waals surface area contributed by atoms with Gasteiger partial charge in [0.25, 0.3) is 0 Å². The van der Waals surface area contributed by atoms with Gasteiger partial charge in [0.2, 0.25) is 5.91 Å². The van der Waals surface area contributed by atoms with Gasteiger partial charge in [0, 0.05) is 0 Å². The molecule has 2 aromatic carbocycles. The lowest BCUT2D eigenvalue weighted by Crippen LogP contribution is -2.22. The van der Waals surface area contributed by atoms with Crippen molar-refractivity contribution in [2.75, 3.05) is 4.90 Å². The fourth-order valence-corrected chi connectivity index (χ4v) is 2.45. The molecule has 0 aromatic heterocycles. The van der Waals surface area contributed by atoms with E-state index in [2.05, 4.69) is 0 Å². The highest BCUT2D eigenvalue weighted by atomic mass is 35.5. The molecule has 4 heteroatoms. The van der Waals surface area contributed by atoms with Crippen LogP contribution in [0.25, 0.3) is 0 Å². The van der Waals surface area contributed by atoms with Crippen molar-refractivity contribution in [3.63, 3.8) is 0 Å². The van der Waals surface area contributed by atoms with Gasteiger partial charge in [-0.1, -0.05) is 35.9 Å². The molecule has 3 rings (SSSR count). The van der Waals surface area contributed by atoms with Gasteiger partial charge in [0.1, 0.15) is 11.5 Å². The van der Waals surface area contributed by atoms with E-state index in [0.29, 0.717) is 5.69 Å². The molecule has 2 nitrogen and oxygen atoms in total. The molecule has 0 saturated heterocycles. The van der Waals surface area contributed by atoms with Gasteiger partial charge in [0.15, 0.2) is 0 Å². The van der Waals surface area contributed by atoms with Crippen molar-refractivity contribution in [1.29, 1.82) is 0 Å². The third-order valence-corrected chi connectivity index (χ3v) is 3.29. The smallest absolute Gasteiger partial charge is 0.236 e. The second kappa shape index (κ2) is 4.10. The van der Waals surface area contributed by atoms with Crippen molar-refractivity contribution in [3.8, 4) is 0 Å². The largest absolute Gasteiger partial charge is 0.276 e. The Bertz CT molecular complexity index is 621. The summed E-state index contributed by atoms with van der Waals surface area (Å²) in [6.07, 6.45) is 0.279. The first-order valence-electron chi connectivity index (χ1n) is 5.53. The van der Waals surface area contributed by atoms with Gasteiger partial charge < -0.3 is 0 Å². The lowest BCUT2D eigenvalue weighted by Gasteiger charge is -2.19. The first-order chi connectivity index (χ1) is 8.68. The van der Waals surface area contributed by atoms with Gasteiger partial charge in [-0.15, -0.1) is 0 Å². The Labute approximate surface area is 109 Å². The van der Waals surface area contributed by atoms with Gasteiger partial charge in [-0.05, 0) is 23.8 Å². The van der Waals surface area contributed by atoms with Crippen molar-refractivity contribution in [3.05, 3.63) is 58.9 Å². The molecule has 90 valence electrons. The van der Waals surface area contributed by atoms with E-state index in [1.54, 1.807) is 12.1 Å². The number of hydrogen-bond donors (Lipinski definition) is 0. The molecule has 1 aliphatic heterocycles. The fraction of sp³-hybridized carbons (Fsp3) is 0.0714. The van der Waals surface area contributed by atoms with Gasteiger partial charge in [-0.2, -0.15) is 0 Å². The minimum absolute atomic E-state index is 0.133. The van der Waals surface area contributed by atoms with Crippen LogP contribution in [0.4, 0.5) is 15.8 Å². The summed E-state index contributed by atoms with van der Waals surface area (Å²) in [6.45, 7) is 0. The zero-order valence-electron chi connectivity index (χ0n) is 9.36. The monoisotopic (exact) mass is 261 g/mol. The molecular formula is C14H9ClFNO. The maximum absolute atomic E-state index is 13.9. The summed E-state index contributed by atoms with van der Waals surface area (Å²) in [4.78, 5) is 13.4. The minimum Gasteiger partial charge on any atom is -0.276 e. The molecule has 0 aliphatic carbocycles. The molecule has 1 amide bonds. The average Bonchev–Trinajstić information content (AvgIpc) is 2.66. The Kier molecular flexibility index (Phi) is 2.56. The summed E-state index contributed by atoms with van der Waals surface area (Å²) in [5, 5.41) is 0.236. The van der Waals surface area contributed by atoms with Crippen LogP contribution in [0.1, 0.15) is 5.56 Å². The number of amides is 1. The number of fused-ring (bicyclic) bond motifs is 1. The van der Waals surface area contributed by atoms with E-state index in [1.165, 1.54) is 17.0 Å². The van der Waals surface area contributed by atoms with Crippen LogP contribution in [0, 0.1) is 5.82 Å². The first kappa shape index (κ1) is 11.2. The number of benzene rings is 2. The van der Waals surface area contributed by atoms with Crippen molar-refractivity contribution in [1.82, 2.24) is 0 Å². The van der Waals surface area contributed by atoms with Crippen LogP contribution in [-0.4, -0.2) is 5.91 Å². The van der Waals surface area contributed by atoms with Gasteiger partial charge in [-0.3, -0.25) is 9.69 Å². The van der Waals surface area contributed by atoms with E-state index in [1.807, 2.05) is 18.2 Å². The van der Waals surface area contributed by atoms with Crippen LogP contribution in [0.3, 0.4) is 0 Å². The lowest BCUT2D eigenvalue weighted by molar-refractivity contribution is -0.116. The zero-order chi connectivity index (χ0) is 12.7. The SMILES string of the molecule is O=C1Cc2ccccc2N1c1c(F)cccc1Cl. The number of nitrogens with zero attached hydrogens (tertiary/aromatic N) is 1. The second-order valence-corrected chi connectivity index (χ2v) is 4.51. The number of carbonyl (C=O) groups excluding carboxylic acids is 1. The predicted molar refractivity (Wildman–Crippen MR) is 68.7 cm³/mol. The van der Waals surface area contributed by atoms with Crippen molar-refractivity contribution < 1.29 is 9.18 Å². The lowest BCUT2D eigenvalue weighted by atomic mass is 10.2. The predicted octanol–water partition coefficient (Wildman–Crippen LogP) is 3.70. The van der Waals surface area contributed by atoms with Crippen molar-refractivity contribution in [2.45, 2.75) is 6.42 Å². The van der Waals surface area contributed by atoms with Crippen LogP contribution in [0.5, 0.6) is 0 Å². The van der Waals surface area contributed by atoms with Crippen LogP contribution >= 0.6 is 11.6 Å². The maximum Gasteiger partial charge on any atom is 0.236 e. The van der Waals surface area contributed by atoms with E-state index >= 15 is 0 Å². The standard InChI is InChI=1S/C14H9ClFNO/c15-10-5-3-6-11(16)14(10)17-12-7-2-1-4-9(12)8-13(17)18/h1-7H,8H2. The Morgan fingerprint density at radius 1 is 1.11 bits per heavy atom. The molecule has 0 radical (unpaired) electrons. The van der Waals surface area contributed by atoms with Crippen molar-refractivity contribution >= 4 is 28.9 Å². The summed E-state index contributed by atoms with van der Waals surface area (Å²) in [6, 6.07) is 11.7.